The topological polar surface area (TPSA) is 79.8 Å². The Morgan fingerprint density at radius 2 is 2.00 bits per heavy atom. The van der Waals surface area contributed by atoms with E-state index in [2.05, 4.69) is 4.98 Å². The van der Waals surface area contributed by atoms with Crippen molar-refractivity contribution in [2.45, 2.75) is 64.2 Å². The number of fused-ring (bicyclic) bond motifs is 1. The van der Waals surface area contributed by atoms with Crippen LogP contribution >= 0.6 is 11.3 Å². The van der Waals surface area contributed by atoms with E-state index in [-0.39, 0.29) is 35.7 Å². The van der Waals surface area contributed by atoms with E-state index < -0.39 is 17.4 Å². The van der Waals surface area contributed by atoms with Crippen LogP contribution in [0.2, 0.25) is 0 Å². The molecule has 1 aromatic heterocycles. The van der Waals surface area contributed by atoms with E-state index in [1.165, 1.54) is 11.3 Å². The largest absolute Gasteiger partial charge is 0.360 e. The van der Waals surface area contributed by atoms with E-state index in [1.54, 1.807) is 6.92 Å². The van der Waals surface area contributed by atoms with Crippen LogP contribution in [0.4, 0.5) is 0 Å². The van der Waals surface area contributed by atoms with E-state index in [0.29, 0.717) is 19.6 Å². The molecule has 4 aliphatic rings. The van der Waals surface area contributed by atoms with Crippen molar-refractivity contribution in [3.63, 3.8) is 0 Å². The highest BCUT2D eigenvalue weighted by Gasteiger charge is 2.67. The third kappa shape index (κ3) is 3.09. The SMILES string of the molecule is CC(=O)c1sc(C2CCN(C(=O)[C@@H]3[C@H]4C(=O)N(C(C)C)C[C@]45C=C[C@H]3O5)CC2)nc1C. The fourth-order valence-corrected chi connectivity index (χ4v) is 6.85. The van der Waals surface area contributed by atoms with Crippen molar-refractivity contribution in [3.8, 4) is 0 Å². The summed E-state index contributed by atoms with van der Waals surface area (Å²) < 4.78 is 6.23. The smallest absolute Gasteiger partial charge is 0.230 e. The van der Waals surface area contributed by atoms with E-state index in [9.17, 15) is 14.4 Å². The molecule has 4 aliphatic heterocycles. The average molecular weight is 444 g/mol. The fourth-order valence-electron chi connectivity index (χ4n) is 5.72. The molecule has 166 valence electrons. The molecule has 0 N–H and O–H groups in total. The molecule has 4 atom stereocenters. The number of rotatable bonds is 4. The maximum absolute atomic E-state index is 13.5. The molecule has 5 heterocycles. The molecule has 7 nitrogen and oxygen atoms in total. The second kappa shape index (κ2) is 7.24. The molecule has 0 saturated carbocycles. The zero-order valence-electron chi connectivity index (χ0n) is 18.5. The van der Waals surface area contributed by atoms with Crippen molar-refractivity contribution in [1.82, 2.24) is 14.8 Å². The van der Waals surface area contributed by atoms with E-state index in [1.807, 2.05) is 42.7 Å². The van der Waals surface area contributed by atoms with Gasteiger partial charge in [0.05, 0.1) is 40.1 Å². The maximum Gasteiger partial charge on any atom is 0.230 e. The van der Waals surface area contributed by atoms with Crippen LogP contribution in [-0.2, 0) is 14.3 Å². The second-order valence-corrected chi connectivity index (χ2v) is 10.6. The Bertz CT molecular complexity index is 977. The van der Waals surface area contributed by atoms with Crippen LogP contribution < -0.4 is 0 Å². The molecular weight excluding hydrogens is 414 g/mol. The van der Waals surface area contributed by atoms with Gasteiger partial charge in [-0.05, 0) is 33.6 Å². The zero-order valence-corrected chi connectivity index (χ0v) is 19.3. The van der Waals surface area contributed by atoms with Gasteiger partial charge in [-0.2, -0.15) is 0 Å². The highest BCUT2D eigenvalue weighted by atomic mass is 32.1. The average Bonchev–Trinajstić information content (AvgIpc) is 3.47. The summed E-state index contributed by atoms with van der Waals surface area (Å²) in [5.41, 5.74) is 0.170. The van der Waals surface area contributed by atoms with Crippen LogP contribution in [0.3, 0.4) is 0 Å². The first-order valence-corrected chi connectivity index (χ1v) is 12.0. The van der Waals surface area contributed by atoms with Crippen molar-refractivity contribution in [2.75, 3.05) is 19.6 Å². The van der Waals surface area contributed by atoms with Crippen molar-refractivity contribution in [3.05, 3.63) is 27.7 Å². The van der Waals surface area contributed by atoms with Crippen molar-refractivity contribution in [1.29, 1.82) is 0 Å². The third-order valence-corrected chi connectivity index (χ3v) is 8.75. The van der Waals surface area contributed by atoms with Gasteiger partial charge < -0.3 is 14.5 Å². The Labute approximate surface area is 186 Å². The van der Waals surface area contributed by atoms with Gasteiger partial charge in [0.25, 0.3) is 0 Å². The van der Waals surface area contributed by atoms with Gasteiger partial charge in [0, 0.05) is 32.0 Å². The zero-order chi connectivity index (χ0) is 22.1. The number of carbonyl (C=O) groups is 3. The van der Waals surface area contributed by atoms with Crippen LogP contribution in [-0.4, -0.2) is 69.8 Å². The van der Waals surface area contributed by atoms with E-state index in [0.717, 1.165) is 28.4 Å². The highest BCUT2D eigenvalue weighted by molar-refractivity contribution is 7.13. The van der Waals surface area contributed by atoms with E-state index >= 15 is 0 Å². The lowest BCUT2D eigenvalue weighted by molar-refractivity contribution is -0.144. The van der Waals surface area contributed by atoms with Crippen LogP contribution in [0.1, 0.15) is 59.9 Å². The number of hydrogen-bond acceptors (Lipinski definition) is 6. The van der Waals surface area contributed by atoms with Crippen molar-refractivity contribution < 1.29 is 19.1 Å². The maximum atomic E-state index is 13.5. The van der Waals surface area contributed by atoms with Gasteiger partial charge in [-0.15, -0.1) is 11.3 Å². The Morgan fingerprint density at radius 1 is 1.29 bits per heavy atom. The quantitative estimate of drug-likeness (QED) is 0.528. The Morgan fingerprint density at radius 3 is 2.61 bits per heavy atom. The molecule has 0 radical (unpaired) electrons. The summed E-state index contributed by atoms with van der Waals surface area (Å²) >= 11 is 1.49. The van der Waals surface area contributed by atoms with Gasteiger partial charge in [0.1, 0.15) is 5.60 Å². The number of Topliss-reactive ketones (excluding diaryl/α,β-unsaturated/α-hetero) is 1. The number of thiazole rings is 1. The monoisotopic (exact) mass is 443 g/mol. The number of ether oxygens (including phenoxy) is 1. The number of piperidine rings is 1. The summed E-state index contributed by atoms with van der Waals surface area (Å²) in [4.78, 5) is 47.6. The van der Waals surface area contributed by atoms with Crippen molar-refractivity contribution >= 4 is 28.9 Å². The molecule has 3 fully saturated rings. The minimum absolute atomic E-state index is 0.0402. The number of aryl methyl sites for hydroxylation is 1. The molecule has 2 bridgehead atoms. The van der Waals surface area contributed by atoms with E-state index in [4.69, 9.17) is 4.74 Å². The first kappa shape index (κ1) is 20.8. The molecule has 1 aromatic rings. The van der Waals surface area contributed by atoms with Crippen LogP contribution in [0.15, 0.2) is 12.2 Å². The lowest BCUT2D eigenvalue weighted by Gasteiger charge is -2.35. The van der Waals surface area contributed by atoms with Gasteiger partial charge in [0.2, 0.25) is 11.8 Å². The summed E-state index contributed by atoms with van der Waals surface area (Å²) in [5.74, 6) is -0.417. The van der Waals surface area contributed by atoms with Crippen LogP contribution in [0, 0.1) is 18.8 Å². The van der Waals surface area contributed by atoms with Gasteiger partial charge in [-0.1, -0.05) is 12.2 Å². The molecule has 5 rings (SSSR count). The molecule has 3 saturated heterocycles. The first-order valence-electron chi connectivity index (χ1n) is 11.2. The second-order valence-electron chi connectivity index (χ2n) is 9.58. The Hall–Kier alpha value is -2.06. The molecule has 0 aliphatic carbocycles. The summed E-state index contributed by atoms with van der Waals surface area (Å²) in [6, 6.07) is 0.0941. The number of amides is 2. The summed E-state index contributed by atoms with van der Waals surface area (Å²) in [5, 5.41) is 0.999. The minimum Gasteiger partial charge on any atom is -0.360 e. The summed E-state index contributed by atoms with van der Waals surface area (Å²) in [6.07, 6.45) is 5.34. The Balaban J connectivity index is 1.29. The molecule has 31 heavy (non-hydrogen) atoms. The molecule has 8 heteroatoms. The van der Waals surface area contributed by atoms with Gasteiger partial charge >= 0.3 is 0 Å². The number of hydrogen-bond donors (Lipinski definition) is 0. The number of carbonyl (C=O) groups excluding carboxylic acids is 3. The highest BCUT2D eigenvalue weighted by Crippen LogP contribution is 2.53. The predicted octanol–water partition coefficient (Wildman–Crippen LogP) is 2.55. The predicted molar refractivity (Wildman–Crippen MR) is 116 cm³/mol. The molecular formula is C23H29N3O4S. The van der Waals surface area contributed by atoms with Gasteiger partial charge in [-0.3, -0.25) is 14.4 Å². The van der Waals surface area contributed by atoms with Crippen LogP contribution in [0.25, 0.3) is 0 Å². The third-order valence-electron chi connectivity index (χ3n) is 7.33. The number of ketones is 1. The lowest BCUT2D eigenvalue weighted by atomic mass is 9.76. The van der Waals surface area contributed by atoms with Gasteiger partial charge in [-0.25, -0.2) is 4.98 Å². The molecule has 1 spiro atoms. The fraction of sp³-hybridized carbons (Fsp3) is 0.652. The Kier molecular flexibility index (Phi) is 4.86. The number of nitrogens with zero attached hydrogens (tertiary/aromatic N) is 3. The summed E-state index contributed by atoms with van der Waals surface area (Å²) in [7, 11) is 0. The molecule has 0 unspecified atom stereocenters. The summed E-state index contributed by atoms with van der Waals surface area (Å²) in [6.45, 7) is 9.30. The number of aromatic nitrogens is 1. The minimum atomic E-state index is -0.633. The first-order chi connectivity index (χ1) is 14.7. The molecule has 0 aromatic carbocycles. The lowest BCUT2D eigenvalue weighted by Crippen LogP contribution is -2.48. The number of likely N-dealkylation sites (tertiary alicyclic amines) is 2. The van der Waals surface area contributed by atoms with Crippen molar-refractivity contribution in [2.24, 2.45) is 11.8 Å². The van der Waals surface area contributed by atoms with Gasteiger partial charge in [0.15, 0.2) is 5.78 Å². The van der Waals surface area contributed by atoms with Crippen LogP contribution in [0.5, 0.6) is 0 Å². The standard InChI is InChI=1S/C23H29N3O4S/c1-12(2)26-11-23-8-5-16(30-23)17(18(23)22(26)29)21(28)25-9-6-15(7-10-25)20-24-13(3)19(31-20)14(4)27/h5,8,12,15-18H,6-7,9-11H2,1-4H3/t16-,17+,18+,23-/m1/s1. The normalized spacial score (nSPS) is 32.4. The molecule has 2 amide bonds.